The summed E-state index contributed by atoms with van der Waals surface area (Å²) in [6, 6.07) is 1.76. The lowest BCUT2D eigenvalue weighted by Gasteiger charge is -1.92. The van der Waals surface area contributed by atoms with Gasteiger partial charge in [0.2, 0.25) is 0 Å². The maximum absolute atomic E-state index is 10.9. The summed E-state index contributed by atoms with van der Waals surface area (Å²) in [6.45, 7) is 5.29. The summed E-state index contributed by atoms with van der Waals surface area (Å²) in [4.78, 5) is 17.9. The predicted molar refractivity (Wildman–Crippen MR) is 57.5 cm³/mol. The van der Waals surface area contributed by atoms with E-state index in [-0.39, 0.29) is 5.69 Å². The molecule has 0 aliphatic rings. The number of nitrogens with zero attached hydrogens (tertiary/aromatic N) is 1. The molecule has 0 aromatic carbocycles. The highest BCUT2D eigenvalue weighted by Gasteiger charge is 2.16. The van der Waals surface area contributed by atoms with Gasteiger partial charge in [-0.3, -0.25) is 0 Å². The number of carboxylic acid groups (broad SMARTS) is 1. The first-order valence-electron chi connectivity index (χ1n) is 4.86. The van der Waals surface area contributed by atoms with Crippen molar-refractivity contribution in [1.29, 1.82) is 0 Å². The summed E-state index contributed by atoms with van der Waals surface area (Å²) in [6.07, 6.45) is 0. The molecular weight excluding hydrogens is 208 g/mol. The first kappa shape index (κ1) is 10.5. The van der Waals surface area contributed by atoms with Crippen LogP contribution in [0, 0.1) is 20.8 Å². The molecule has 2 aromatic rings. The van der Waals surface area contributed by atoms with E-state index in [1.165, 1.54) is 0 Å². The molecule has 0 aliphatic carbocycles. The van der Waals surface area contributed by atoms with E-state index in [2.05, 4.69) is 9.97 Å². The van der Waals surface area contributed by atoms with Crippen molar-refractivity contribution < 1.29 is 14.3 Å². The van der Waals surface area contributed by atoms with Gasteiger partial charge in [-0.2, -0.15) is 0 Å². The van der Waals surface area contributed by atoms with Gasteiger partial charge < -0.3 is 14.5 Å². The van der Waals surface area contributed by atoms with E-state index in [0.717, 1.165) is 0 Å². The van der Waals surface area contributed by atoms with Gasteiger partial charge >= 0.3 is 5.97 Å². The summed E-state index contributed by atoms with van der Waals surface area (Å²) < 4.78 is 5.30. The number of hydrogen-bond acceptors (Lipinski definition) is 3. The molecule has 0 bridgehead atoms. The summed E-state index contributed by atoms with van der Waals surface area (Å²) in [7, 11) is 0. The molecule has 0 spiro atoms. The third-order valence-electron chi connectivity index (χ3n) is 2.39. The highest BCUT2D eigenvalue weighted by molar-refractivity contribution is 5.88. The highest BCUT2D eigenvalue weighted by atomic mass is 16.4. The van der Waals surface area contributed by atoms with E-state index in [1.807, 2.05) is 0 Å². The van der Waals surface area contributed by atoms with E-state index >= 15 is 0 Å². The Hall–Kier alpha value is -2.04. The summed E-state index contributed by atoms with van der Waals surface area (Å²) >= 11 is 0. The van der Waals surface area contributed by atoms with E-state index in [4.69, 9.17) is 9.52 Å². The normalized spacial score (nSPS) is 10.7. The number of aromatic nitrogens is 2. The molecule has 0 saturated heterocycles. The van der Waals surface area contributed by atoms with Crippen LogP contribution in [0.5, 0.6) is 0 Å². The Bertz CT molecular complexity index is 552. The Morgan fingerprint density at radius 3 is 2.56 bits per heavy atom. The van der Waals surface area contributed by atoms with Crippen LogP contribution in [0.2, 0.25) is 0 Å². The molecule has 0 fully saturated rings. The molecule has 2 N–H and O–H groups in total. The largest absolute Gasteiger partial charge is 0.477 e. The molecule has 84 valence electrons. The summed E-state index contributed by atoms with van der Waals surface area (Å²) in [5.41, 5.74) is 2.20. The molecule has 0 aliphatic heterocycles. The van der Waals surface area contributed by atoms with E-state index in [9.17, 15) is 4.79 Å². The fourth-order valence-corrected chi connectivity index (χ4v) is 1.69. The van der Waals surface area contributed by atoms with Gasteiger partial charge in [0.05, 0.1) is 5.69 Å². The topological polar surface area (TPSA) is 79.1 Å². The Morgan fingerprint density at radius 2 is 2.12 bits per heavy atom. The Kier molecular flexibility index (Phi) is 2.30. The van der Waals surface area contributed by atoms with Crippen molar-refractivity contribution in [3.63, 3.8) is 0 Å². The molecule has 0 amide bonds. The van der Waals surface area contributed by atoms with Crippen molar-refractivity contribution in [1.82, 2.24) is 9.97 Å². The molecule has 0 unspecified atom stereocenters. The molecule has 2 heterocycles. The third-order valence-corrected chi connectivity index (χ3v) is 2.39. The molecule has 0 radical (unpaired) electrons. The lowest BCUT2D eigenvalue weighted by molar-refractivity contribution is 0.0690. The van der Waals surface area contributed by atoms with Crippen molar-refractivity contribution in [2.24, 2.45) is 0 Å². The van der Waals surface area contributed by atoms with Crippen molar-refractivity contribution >= 4 is 5.97 Å². The van der Waals surface area contributed by atoms with Crippen LogP contribution in [0.3, 0.4) is 0 Å². The number of nitrogens with one attached hydrogen (secondary N) is 1. The highest BCUT2D eigenvalue weighted by Crippen LogP contribution is 2.24. The fraction of sp³-hybridized carbons (Fsp3) is 0.273. The van der Waals surface area contributed by atoms with Crippen LogP contribution < -0.4 is 0 Å². The number of aryl methyl sites for hydroxylation is 3. The molecule has 0 atom stereocenters. The van der Waals surface area contributed by atoms with Gasteiger partial charge in [-0.25, -0.2) is 9.78 Å². The second-order valence-electron chi connectivity index (χ2n) is 3.68. The number of carboxylic acids is 1. The predicted octanol–water partition coefficient (Wildman–Crippen LogP) is 2.29. The van der Waals surface area contributed by atoms with Gasteiger partial charge in [-0.1, -0.05) is 0 Å². The summed E-state index contributed by atoms with van der Waals surface area (Å²) in [5, 5.41) is 8.93. The molecule has 2 rings (SSSR count). The van der Waals surface area contributed by atoms with Gasteiger partial charge in [0.15, 0.2) is 5.89 Å². The average molecular weight is 220 g/mol. The molecule has 16 heavy (non-hydrogen) atoms. The van der Waals surface area contributed by atoms with Crippen molar-refractivity contribution in [2.75, 3.05) is 0 Å². The second-order valence-corrected chi connectivity index (χ2v) is 3.68. The number of aromatic amines is 1. The van der Waals surface area contributed by atoms with Crippen LogP contribution in [0.25, 0.3) is 11.4 Å². The lowest BCUT2D eigenvalue weighted by atomic mass is 10.2. The molecular formula is C11H12N2O3. The minimum absolute atomic E-state index is 0.190. The average Bonchev–Trinajstić information content (AvgIpc) is 2.69. The van der Waals surface area contributed by atoms with Crippen LogP contribution in [-0.4, -0.2) is 21.0 Å². The zero-order chi connectivity index (χ0) is 11.9. The Balaban J connectivity index is 2.53. The van der Waals surface area contributed by atoms with E-state index in [0.29, 0.717) is 28.6 Å². The van der Waals surface area contributed by atoms with Crippen molar-refractivity contribution in [3.05, 3.63) is 29.0 Å². The maximum Gasteiger partial charge on any atom is 0.352 e. The monoisotopic (exact) mass is 220 g/mol. The van der Waals surface area contributed by atoms with Crippen LogP contribution in [0.4, 0.5) is 0 Å². The second kappa shape index (κ2) is 3.52. The Labute approximate surface area is 92.1 Å². The van der Waals surface area contributed by atoms with Gasteiger partial charge in [0.25, 0.3) is 0 Å². The number of H-pyrrole nitrogens is 1. The van der Waals surface area contributed by atoms with Gasteiger partial charge in [-0.05, 0) is 25.5 Å². The first-order valence-corrected chi connectivity index (χ1v) is 4.86. The maximum atomic E-state index is 10.9. The van der Waals surface area contributed by atoms with Crippen LogP contribution in [0.15, 0.2) is 10.5 Å². The minimum Gasteiger partial charge on any atom is -0.477 e. The molecule has 5 nitrogen and oxygen atoms in total. The quantitative estimate of drug-likeness (QED) is 0.813. The standard InChI is InChI=1S/C11H12N2O3/c1-5-4-8(13-9(5)11(14)15)10-6(2)16-7(3)12-10/h4,13H,1-3H3,(H,14,15). The number of hydrogen-bond donors (Lipinski definition) is 2. The summed E-state index contributed by atoms with van der Waals surface area (Å²) in [5.74, 6) is 0.272. The van der Waals surface area contributed by atoms with Crippen LogP contribution in [-0.2, 0) is 0 Å². The number of rotatable bonds is 2. The smallest absolute Gasteiger partial charge is 0.352 e. The zero-order valence-electron chi connectivity index (χ0n) is 9.29. The van der Waals surface area contributed by atoms with Gasteiger partial charge in [0, 0.05) is 6.92 Å². The zero-order valence-corrected chi connectivity index (χ0v) is 9.29. The SMILES string of the molecule is Cc1nc(-c2cc(C)c(C(=O)O)[nH]2)c(C)o1. The lowest BCUT2D eigenvalue weighted by Crippen LogP contribution is -1.98. The Morgan fingerprint density at radius 1 is 1.44 bits per heavy atom. The van der Waals surface area contributed by atoms with E-state index < -0.39 is 5.97 Å². The van der Waals surface area contributed by atoms with Crippen LogP contribution in [0.1, 0.15) is 27.7 Å². The fourth-order valence-electron chi connectivity index (χ4n) is 1.69. The number of aromatic carboxylic acids is 1. The molecule has 5 heteroatoms. The van der Waals surface area contributed by atoms with Gasteiger partial charge in [-0.15, -0.1) is 0 Å². The van der Waals surface area contributed by atoms with Crippen molar-refractivity contribution in [2.45, 2.75) is 20.8 Å². The van der Waals surface area contributed by atoms with E-state index in [1.54, 1.807) is 26.8 Å². The van der Waals surface area contributed by atoms with Gasteiger partial charge in [0.1, 0.15) is 17.1 Å². The molecule has 2 aromatic heterocycles. The molecule has 0 saturated carbocycles. The first-order chi connectivity index (χ1) is 7.49. The minimum atomic E-state index is -0.971. The number of carbonyl (C=O) groups is 1. The van der Waals surface area contributed by atoms with Crippen LogP contribution >= 0.6 is 0 Å². The third kappa shape index (κ3) is 1.60. The number of oxazole rings is 1. The van der Waals surface area contributed by atoms with Crippen molar-refractivity contribution in [3.8, 4) is 11.4 Å².